The molecule has 0 radical (unpaired) electrons. The number of anilines is 1. The second kappa shape index (κ2) is 8.74. The highest BCUT2D eigenvalue weighted by Crippen LogP contribution is 2.20. The van der Waals surface area contributed by atoms with E-state index < -0.39 is 0 Å². The normalized spacial score (nSPS) is 10.6. The van der Waals surface area contributed by atoms with E-state index in [2.05, 4.69) is 27.6 Å². The molecule has 128 valence electrons. The maximum atomic E-state index is 12.0. The predicted molar refractivity (Wildman–Crippen MR) is 102 cm³/mol. The molecule has 0 bridgehead atoms. The van der Waals surface area contributed by atoms with Crippen LogP contribution in [-0.4, -0.2) is 16.1 Å². The van der Waals surface area contributed by atoms with E-state index >= 15 is 0 Å². The molecule has 4 nitrogen and oxygen atoms in total. The zero-order valence-electron chi connectivity index (χ0n) is 13.6. The fourth-order valence-corrected chi connectivity index (χ4v) is 3.35. The highest BCUT2D eigenvalue weighted by molar-refractivity contribution is 7.15. The Kier molecular flexibility index (Phi) is 6.14. The fraction of sp³-hybridized carbons (Fsp3) is 0.211. The lowest BCUT2D eigenvalue weighted by Gasteiger charge is -2.02. The Morgan fingerprint density at radius 1 is 1.00 bits per heavy atom. The van der Waals surface area contributed by atoms with E-state index in [0.717, 1.165) is 23.4 Å². The molecule has 0 fully saturated rings. The molecule has 0 aliphatic carbocycles. The van der Waals surface area contributed by atoms with Crippen molar-refractivity contribution in [3.63, 3.8) is 0 Å². The van der Waals surface area contributed by atoms with Crippen LogP contribution >= 0.6 is 22.9 Å². The highest BCUT2D eigenvalue weighted by atomic mass is 35.5. The second-order valence-electron chi connectivity index (χ2n) is 5.69. The van der Waals surface area contributed by atoms with Gasteiger partial charge >= 0.3 is 0 Å². The third kappa shape index (κ3) is 5.66. The van der Waals surface area contributed by atoms with Crippen LogP contribution < -0.4 is 5.32 Å². The summed E-state index contributed by atoms with van der Waals surface area (Å²) in [5, 5.41) is 13.1. The minimum absolute atomic E-state index is 0.0230. The lowest BCUT2D eigenvalue weighted by atomic mass is 10.1. The van der Waals surface area contributed by atoms with Crippen molar-refractivity contribution < 1.29 is 4.79 Å². The molecular formula is C19H18ClN3OS. The maximum absolute atomic E-state index is 12.0. The molecular weight excluding hydrogens is 354 g/mol. The third-order valence-electron chi connectivity index (χ3n) is 3.69. The molecule has 0 saturated carbocycles. The number of rotatable bonds is 7. The van der Waals surface area contributed by atoms with Gasteiger partial charge in [-0.2, -0.15) is 0 Å². The number of hydrogen-bond acceptors (Lipinski definition) is 4. The first-order chi connectivity index (χ1) is 12.2. The zero-order chi connectivity index (χ0) is 17.5. The summed E-state index contributed by atoms with van der Waals surface area (Å²) in [6, 6.07) is 17.8. The van der Waals surface area contributed by atoms with Crippen molar-refractivity contribution in [2.45, 2.75) is 25.7 Å². The van der Waals surface area contributed by atoms with Gasteiger partial charge in [0.25, 0.3) is 0 Å². The summed E-state index contributed by atoms with van der Waals surface area (Å²) in [4.78, 5) is 12.0. The van der Waals surface area contributed by atoms with E-state index in [0.29, 0.717) is 23.0 Å². The number of benzene rings is 2. The van der Waals surface area contributed by atoms with Crippen LogP contribution in [0.4, 0.5) is 5.13 Å². The average molecular weight is 372 g/mol. The topological polar surface area (TPSA) is 54.9 Å². The van der Waals surface area contributed by atoms with Gasteiger partial charge in [-0.05, 0) is 36.1 Å². The monoisotopic (exact) mass is 371 g/mol. The van der Waals surface area contributed by atoms with E-state index in [1.165, 1.54) is 16.9 Å². The van der Waals surface area contributed by atoms with Gasteiger partial charge in [-0.3, -0.25) is 4.79 Å². The number of nitrogens with one attached hydrogen (secondary N) is 1. The number of amides is 1. The van der Waals surface area contributed by atoms with Gasteiger partial charge in [0.05, 0.1) is 0 Å². The van der Waals surface area contributed by atoms with Gasteiger partial charge in [0.1, 0.15) is 5.01 Å². The minimum atomic E-state index is -0.0230. The van der Waals surface area contributed by atoms with Crippen LogP contribution in [0.3, 0.4) is 0 Å². The maximum Gasteiger partial charge on any atom is 0.226 e. The van der Waals surface area contributed by atoms with Gasteiger partial charge < -0.3 is 5.32 Å². The summed E-state index contributed by atoms with van der Waals surface area (Å²) in [7, 11) is 0. The summed E-state index contributed by atoms with van der Waals surface area (Å²) in [6.07, 6.45) is 2.86. The largest absolute Gasteiger partial charge is 0.301 e. The van der Waals surface area contributed by atoms with Crippen LogP contribution in [0, 0.1) is 0 Å². The van der Waals surface area contributed by atoms with Crippen LogP contribution in [0.5, 0.6) is 0 Å². The molecule has 0 unspecified atom stereocenters. The predicted octanol–water partition coefficient (Wildman–Crippen LogP) is 4.74. The Bertz CT molecular complexity index is 818. The molecule has 1 heterocycles. The molecule has 25 heavy (non-hydrogen) atoms. The van der Waals surface area contributed by atoms with E-state index in [-0.39, 0.29) is 5.91 Å². The first-order valence-corrected chi connectivity index (χ1v) is 9.29. The lowest BCUT2D eigenvalue weighted by molar-refractivity contribution is -0.116. The molecule has 0 aliphatic rings. The first-order valence-electron chi connectivity index (χ1n) is 8.09. The molecule has 0 saturated heterocycles. The van der Waals surface area contributed by atoms with Crippen molar-refractivity contribution in [1.82, 2.24) is 10.2 Å². The molecule has 0 aliphatic heterocycles. The SMILES string of the molecule is O=C(CCCc1ccccc1)Nc1nnc(Cc2ccc(Cl)cc2)s1. The van der Waals surface area contributed by atoms with Crippen LogP contribution in [0.25, 0.3) is 0 Å². The number of carbonyl (C=O) groups excluding carboxylic acids is 1. The summed E-state index contributed by atoms with van der Waals surface area (Å²) < 4.78 is 0. The Morgan fingerprint density at radius 3 is 2.52 bits per heavy atom. The van der Waals surface area contributed by atoms with E-state index in [1.54, 1.807) is 0 Å². The quantitative estimate of drug-likeness (QED) is 0.652. The molecule has 1 N–H and O–H groups in total. The van der Waals surface area contributed by atoms with Gasteiger partial charge in [-0.1, -0.05) is 65.4 Å². The molecule has 0 atom stereocenters. The lowest BCUT2D eigenvalue weighted by Crippen LogP contribution is -2.11. The highest BCUT2D eigenvalue weighted by Gasteiger charge is 2.09. The smallest absolute Gasteiger partial charge is 0.226 e. The molecule has 1 amide bonds. The summed E-state index contributed by atoms with van der Waals surface area (Å²) in [5.74, 6) is -0.0230. The standard InChI is InChI=1S/C19H18ClN3OS/c20-16-11-9-15(10-12-16)13-18-22-23-19(25-18)21-17(24)8-4-7-14-5-2-1-3-6-14/h1-3,5-6,9-12H,4,7-8,13H2,(H,21,23,24). The van der Waals surface area contributed by atoms with Gasteiger partial charge in [-0.15, -0.1) is 10.2 Å². The Morgan fingerprint density at radius 2 is 1.76 bits per heavy atom. The molecule has 3 aromatic rings. The number of halogens is 1. The molecule has 1 aromatic heterocycles. The number of hydrogen-bond donors (Lipinski definition) is 1. The van der Waals surface area contributed by atoms with Crippen LogP contribution in [0.2, 0.25) is 5.02 Å². The molecule has 6 heteroatoms. The van der Waals surface area contributed by atoms with E-state index in [1.807, 2.05) is 42.5 Å². The second-order valence-corrected chi connectivity index (χ2v) is 7.19. The third-order valence-corrected chi connectivity index (χ3v) is 4.78. The van der Waals surface area contributed by atoms with E-state index in [9.17, 15) is 4.79 Å². The summed E-state index contributed by atoms with van der Waals surface area (Å²) in [5.41, 5.74) is 2.36. The Balaban J connectivity index is 1.45. The van der Waals surface area contributed by atoms with Gasteiger partial charge in [-0.25, -0.2) is 0 Å². The number of aryl methyl sites for hydroxylation is 1. The zero-order valence-corrected chi connectivity index (χ0v) is 15.2. The average Bonchev–Trinajstić information content (AvgIpc) is 3.05. The van der Waals surface area contributed by atoms with Crippen LogP contribution in [0.15, 0.2) is 54.6 Å². The van der Waals surface area contributed by atoms with Gasteiger partial charge in [0, 0.05) is 17.9 Å². The number of aromatic nitrogens is 2. The van der Waals surface area contributed by atoms with Crippen molar-refractivity contribution in [3.8, 4) is 0 Å². The molecule has 2 aromatic carbocycles. The first kappa shape index (κ1) is 17.6. The van der Waals surface area contributed by atoms with Crippen molar-refractivity contribution >= 4 is 34.0 Å². The fourth-order valence-electron chi connectivity index (χ4n) is 2.43. The Hall–Kier alpha value is -2.24. The van der Waals surface area contributed by atoms with Crippen molar-refractivity contribution in [2.75, 3.05) is 5.32 Å². The van der Waals surface area contributed by atoms with Crippen LogP contribution in [0.1, 0.15) is 29.0 Å². The number of nitrogens with zero attached hydrogens (tertiary/aromatic N) is 2. The molecule has 3 rings (SSSR count). The Labute approximate surface area is 155 Å². The summed E-state index contributed by atoms with van der Waals surface area (Å²) in [6.45, 7) is 0. The van der Waals surface area contributed by atoms with Gasteiger partial charge in [0.2, 0.25) is 11.0 Å². The summed E-state index contributed by atoms with van der Waals surface area (Å²) >= 11 is 7.29. The van der Waals surface area contributed by atoms with Crippen molar-refractivity contribution in [2.24, 2.45) is 0 Å². The van der Waals surface area contributed by atoms with E-state index in [4.69, 9.17) is 11.6 Å². The van der Waals surface area contributed by atoms with Gasteiger partial charge in [0.15, 0.2) is 0 Å². The van der Waals surface area contributed by atoms with Crippen molar-refractivity contribution in [3.05, 3.63) is 75.8 Å². The van der Waals surface area contributed by atoms with Crippen LogP contribution in [-0.2, 0) is 17.6 Å². The van der Waals surface area contributed by atoms with Crippen molar-refractivity contribution in [1.29, 1.82) is 0 Å². The number of carbonyl (C=O) groups is 1. The molecule has 0 spiro atoms. The minimum Gasteiger partial charge on any atom is -0.301 e.